The number of rotatable bonds is 6. The highest BCUT2D eigenvalue weighted by Gasteiger charge is 2.31. The van der Waals surface area contributed by atoms with Crippen LogP contribution in [-0.2, 0) is 4.79 Å². The molecule has 2 aromatic rings. The van der Waals surface area contributed by atoms with Crippen LogP contribution in [0.25, 0.3) is 0 Å². The van der Waals surface area contributed by atoms with Crippen molar-refractivity contribution in [2.75, 3.05) is 13.2 Å². The number of ether oxygens (including phenoxy) is 1. The van der Waals surface area contributed by atoms with Crippen LogP contribution in [0.5, 0.6) is 5.88 Å². The van der Waals surface area contributed by atoms with Crippen LogP contribution in [0.1, 0.15) is 24.2 Å². The molecule has 0 radical (unpaired) electrons. The lowest BCUT2D eigenvalue weighted by Crippen LogP contribution is -2.47. The topological polar surface area (TPSA) is 131 Å². The summed E-state index contributed by atoms with van der Waals surface area (Å²) in [7, 11) is 0. The van der Waals surface area contributed by atoms with Crippen LogP contribution in [0.4, 0.5) is 4.79 Å². The Kier molecular flexibility index (Phi) is 5.11. The van der Waals surface area contributed by atoms with Gasteiger partial charge in [-0.1, -0.05) is 11.2 Å². The van der Waals surface area contributed by atoms with E-state index in [1.54, 1.807) is 38.4 Å². The molecule has 0 saturated heterocycles. The predicted molar refractivity (Wildman–Crippen MR) is 88.9 cm³/mol. The number of carbonyl (C=O) groups is 2. The zero-order chi connectivity index (χ0) is 18.5. The van der Waals surface area contributed by atoms with Gasteiger partial charge >= 0.3 is 6.03 Å². The van der Waals surface area contributed by atoms with Crippen LogP contribution < -0.4 is 20.7 Å². The molecule has 0 unspecified atom stereocenters. The fourth-order valence-electron chi connectivity index (χ4n) is 2.55. The van der Waals surface area contributed by atoms with Crippen LogP contribution in [0, 0.1) is 6.92 Å². The first-order chi connectivity index (χ1) is 12.6. The van der Waals surface area contributed by atoms with Crippen LogP contribution >= 0.6 is 0 Å². The molecule has 0 aliphatic carbocycles. The van der Waals surface area contributed by atoms with E-state index in [-0.39, 0.29) is 31.0 Å². The molecule has 0 fully saturated rings. The number of aryl methyl sites for hydroxylation is 1. The summed E-state index contributed by atoms with van der Waals surface area (Å²) in [6.45, 7) is 3.82. The number of carbonyl (C=O) groups excluding carboxylic acids is 2. The van der Waals surface area contributed by atoms with Gasteiger partial charge in [0.25, 0.3) is 11.8 Å². The van der Waals surface area contributed by atoms with Crippen molar-refractivity contribution in [1.82, 2.24) is 31.2 Å². The van der Waals surface area contributed by atoms with Crippen molar-refractivity contribution in [3.05, 3.63) is 47.1 Å². The molecule has 0 bridgehead atoms. The molecule has 0 saturated carbocycles. The van der Waals surface area contributed by atoms with Crippen molar-refractivity contribution in [2.24, 2.45) is 0 Å². The van der Waals surface area contributed by atoms with Gasteiger partial charge in [-0.05, 0) is 30.6 Å². The molecule has 3 N–H and O–H groups in total. The predicted octanol–water partition coefficient (Wildman–Crippen LogP) is 0.596. The van der Waals surface area contributed by atoms with E-state index in [4.69, 9.17) is 4.74 Å². The Morgan fingerprint density at radius 2 is 2.23 bits per heavy atom. The average molecular weight is 358 g/mol. The van der Waals surface area contributed by atoms with Crippen LogP contribution in [0.3, 0.4) is 0 Å². The molecule has 1 atom stereocenters. The minimum atomic E-state index is -0.583. The number of pyridine rings is 1. The molecule has 1 aliphatic heterocycles. The van der Waals surface area contributed by atoms with Gasteiger partial charge in [-0.15, -0.1) is 0 Å². The summed E-state index contributed by atoms with van der Waals surface area (Å²) in [5.41, 5.74) is 2.15. The molecule has 2 aromatic heterocycles. The standard InChI is InChI=1S/C16H18N6O4/c1-9-12(13(20-16(24)19-9)11-4-3-5-17-8-11)14(23)18-6-7-25-15-10(2)21-26-22-15/h3-5,8,13H,6-7H2,1-2H3,(H,18,23)(H2,19,20,24)/t13-/m0/s1. The fourth-order valence-corrected chi connectivity index (χ4v) is 2.55. The summed E-state index contributed by atoms with van der Waals surface area (Å²) >= 11 is 0. The van der Waals surface area contributed by atoms with Crippen molar-refractivity contribution in [1.29, 1.82) is 0 Å². The summed E-state index contributed by atoms with van der Waals surface area (Å²) in [5.74, 6) is -0.0306. The van der Waals surface area contributed by atoms with Crippen molar-refractivity contribution >= 4 is 11.9 Å². The minimum absolute atomic E-state index is 0.199. The molecule has 3 amide bonds. The summed E-state index contributed by atoms with van der Waals surface area (Å²) in [6.07, 6.45) is 3.24. The van der Waals surface area contributed by atoms with Gasteiger partial charge in [0.05, 0.1) is 18.2 Å². The second-order valence-corrected chi connectivity index (χ2v) is 5.62. The SMILES string of the molecule is CC1=C(C(=O)NCCOc2nonc2C)[C@H](c2cccnc2)NC(=O)N1. The number of hydrogen-bond donors (Lipinski definition) is 3. The summed E-state index contributed by atoms with van der Waals surface area (Å²) in [5, 5.41) is 15.3. The second kappa shape index (κ2) is 7.64. The highest BCUT2D eigenvalue weighted by atomic mass is 16.6. The highest BCUT2D eigenvalue weighted by Crippen LogP contribution is 2.25. The van der Waals surface area contributed by atoms with E-state index in [1.165, 1.54) is 0 Å². The van der Waals surface area contributed by atoms with Crippen molar-refractivity contribution in [2.45, 2.75) is 19.9 Å². The zero-order valence-electron chi connectivity index (χ0n) is 14.3. The van der Waals surface area contributed by atoms with Crippen molar-refractivity contribution in [3.8, 4) is 5.88 Å². The number of hydrogen-bond acceptors (Lipinski definition) is 7. The second-order valence-electron chi connectivity index (χ2n) is 5.62. The third-order valence-corrected chi connectivity index (χ3v) is 3.77. The Morgan fingerprint density at radius 1 is 1.38 bits per heavy atom. The number of amides is 3. The quantitative estimate of drug-likeness (QED) is 0.644. The third-order valence-electron chi connectivity index (χ3n) is 3.77. The van der Waals surface area contributed by atoms with Gasteiger partial charge in [0.1, 0.15) is 12.3 Å². The number of urea groups is 1. The Balaban J connectivity index is 1.66. The van der Waals surface area contributed by atoms with E-state index >= 15 is 0 Å². The summed E-state index contributed by atoms with van der Waals surface area (Å²) < 4.78 is 9.91. The van der Waals surface area contributed by atoms with E-state index in [0.717, 1.165) is 0 Å². The maximum Gasteiger partial charge on any atom is 0.319 e. The number of nitrogens with one attached hydrogen (secondary N) is 3. The van der Waals surface area contributed by atoms with E-state index in [2.05, 4.69) is 35.9 Å². The Morgan fingerprint density at radius 3 is 2.92 bits per heavy atom. The first-order valence-electron chi connectivity index (χ1n) is 7.94. The van der Waals surface area contributed by atoms with Crippen LogP contribution in [0.2, 0.25) is 0 Å². The molecular formula is C16H18N6O4. The van der Waals surface area contributed by atoms with Gasteiger partial charge in [0.15, 0.2) is 0 Å². The van der Waals surface area contributed by atoms with E-state index < -0.39 is 6.04 Å². The minimum Gasteiger partial charge on any atom is -0.472 e. The van der Waals surface area contributed by atoms with Gasteiger partial charge < -0.3 is 20.7 Å². The van der Waals surface area contributed by atoms with Crippen LogP contribution in [0.15, 0.2) is 40.4 Å². The molecule has 136 valence electrons. The lowest BCUT2D eigenvalue weighted by atomic mass is 9.96. The number of aromatic nitrogens is 3. The normalized spacial score (nSPS) is 16.7. The van der Waals surface area contributed by atoms with Gasteiger partial charge in [-0.25, -0.2) is 9.42 Å². The first kappa shape index (κ1) is 17.4. The van der Waals surface area contributed by atoms with Crippen molar-refractivity contribution in [3.63, 3.8) is 0 Å². The van der Waals surface area contributed by atoms with Gasteiger partial charge in [-0.3, -0.25) is 9.78 Å². The molecule has 3 heterocycles. The summed E-state index contributed by atoms with van der Waals surface area (Å²) in [4.78, 5) is 28.5. The molecular weight excluding hydrogens is 340 g/mol. The number of allylic oxidation sites excluding steroid dienone is 1. The third kappa shape index (κ3) is 3.79. The Bertz CT molecular complexity index is 832. The van der Waals surface area contributed by atoms with E-state index in [9.17, 15) is 9.59 Å². The molecule has 1 aliphatic rings. The summed E-state index contributed by atoms with van der Waals surface area (Å²) in [6, 6.07) is 2.59. The molecule has 3 rings (SSSR count). The van der Waals surface area contributed by atoms with Crippen molar-refractivity contribution < 1.29 is 19.0 Å². The molecule has 0 aromatic carbocycles. The van der Waals surface area contributed by atoms with Gasteiger partial charge in [0, 0.05) is 18.1 Å². The monoisotopic (exact) mass is 358 g/mol. The van der Waals surface area contributed by atoms with E-state index in [0.29, 0.717) is 22.5 Å². The van der Waals surface area contributed by atoms with E-state index in [1.807, 2.05) is 0 Å². The lowest BCUT2D eigenvalue weighted by molar-refractivity contribution is -0.118. The largest absolute Gasteiger partial charge is 0.472 e. The maximum atomic E-state index is 12.6. The maximum absolute atomic E-state index is 12.6. The Hall–Kier alpha value is -3.43. The Labute approximate surface area is 149 Å². The highest BCUT2D eigenvalue weighted by molar-refractivity contribution is 5.98. The fraction of sp³-hybridized carbons (Fsp3) is 0.312. The average Bonchev–Trinajstić information content (AvgIpc) is 3.03. The number of nitrogens with zero attached hydrogens (tertiary/aromatic N) is 3. The first-order valence-corrected chi connectivity index (χ1v) is 7.94. The smallest absolute Gasteiger partial charge is 0.319 e. The molecule has 10 heteroatoms. The van der Waals surface area contributed by atoms with Gasteiger partial charge in [-0.2, -0.15) is 0 Å². The van der Waals surface area contributed by atoms with Gasteiger partial charge in [0.2, 0.25) is 0 Å². The lowest BCUT2D eigenvalue weighted by Gasteiger charge is -2.28. The molecule has 26 heavy (non-hydrogen) atoms. The molecule has 0 spiro atoms. The molecule has 10 nitrogen and oxygen atoms in total. The zero-order valence-corrected chi connectivity index (χ0v) is 14.3. The van der Waals surface area contributed by atoms with Crippen LogP contribution in [-0.4, -0.2) is 40.4 Å².